The van der Waals surface area contributed by atoms with Gasteiger partial charge in [-0.15, -0.1) is 0 Å². The lowest BCUT2D eigenvalue weighted by Crippen LogP contribution is -2.10. The summed E-state index contributed by atoms with van der Waals surface area (Å²) in [6.45, 7) is 18.0. The van der Waals surface area contributed by atoms with E-state index in [-0.39, 0.29) is 6.42 Å². The van der Waals surface area contributed by atoms with Gasteiger partial charge in [-0.3, -0.25) is 14.5 Å². The Morgan fingerprint density at radius 3 is 2.17 bits per heavy atom. The van der Waals surface area contributed by atoms with Gasteiger partial charge in [-0.05, 0) is 81.6 Å². The van der Waals surface area contributed by atoms with Gasteiger partial charge in [-0.25, -0.2) is 4.98 Å². The summed E-state index contributed by atoms with van der Waals surface area (Å²) < 4.78 is 4.06. The number of carboxylic acids is 1. The summed E-state index contributed by atoms with van der Waals surface area (Å²) in [6.07, 6.45) is 3.62. The van der Waals surface area contributed by atoms with Crippen molar-refractivity contribution in [2.45, 2.75) is 80.9 Å². The number of benzene rings is 2. The van der Waals surface area contributed by atoms with Gasteiger partial charge in [-0.2, -0.15) is 5.10 Å². The molecule has 4 heterocycles. The van der Waals surface area contributed by atoms with Gasteiger partial charge in [0.1, 0.15) is 5.65 Å². The fourth-order valence-electron chi connectivity index (χ4n) is 5.35. The van der Waals surface area contributed by atoms with Crippen molar-refractivity contribution in [3.05, 3.63) is 90.4 Å². The van der Waals surface area contributed by atoms with E-state index in [0.29, 0.717) is 0 Å². The molecule has 0 unspecified atom stereocenters. The molecule has 6 rings (SSSR count). The van der Waals surface area contributed by atoms with Crippen LogP contribution in [0.5, 0.6) is 0 Å². The maximum atomic E-state index is 11.8. The quantitative estimate of drug-likeness (QED) is 0.189. The zero-order valence-corrected chi connectivity index (χ0v) is 29.5. The third-order valence-electron chi connectivity index (χ3n) is 7.15. The van der Waals surface area contributed by atoms with Crippen LogP contribution < -0.4 is 0 Å². The second-order valence-electron chi connectivity index (χ2n) is 11.6. The van der Waals surface area contributed by atoms with Crippen LogP contribution in [0, 0.1) is 6.92 Å². The summed E-state index contributed by atoms with van der Waals surface area (Å²) in [5.74, 6) is -0.870. The van der Waals surface area contributed by atoms with E-state index in [1.165, 1.54) is 0 Å². The van der Waals surface area contributed by atoms with Crippen LogP contribution in [0.1, 0.15) is 66.6 Å². The number of rotatable bonds is 6. The Balaban J connectivity index is 0.000000602. The Kier molecular flexibility index (Phi) is 12.6. The van der Waals surface area contributed by atoms with Crippen LogP contribution in [0.4, 0.5) is 0 Å². The van der Waals surface area contributed by atoms with Gasteiger partial charge < -0.3 is 14.8 Å². The fourth-order valence-corrected chi connectivity index (χ4v) is 5.35. The third kappa shape index (κ3) is 8.71. The van der Waals surface area contributed by atoms with E-state index in [1.54, 1.807) is 20.8 Å². The van der Waals surface area contributed by atoms with Crippen molar-refractivity contribution < 1.29 is 15.0 Å². The molecule has 0 saturated heterocycles. The Morgan fingerprint density at radius 2 is 1.55 bits per heavy atom. The monoisotopic (exact) mass is 635 g/mol. The van der Waals surface area contributed by atoms with Gasteiger partial charge in [0.2, 0.25) is 0 Å². The van der Waals surface area contributed by atoms with Crippen molar-refractivity contribution in [2.75, 3.05) is 0 Å². The van der Waals surface area contributed by atoms with Crippen LogP contribution in [0.25, 0.3) is 55.6 Å². The first kappa shape index (κ1) is 36.6. The Bertz CT molecular complexity index is 1930. The van der Waals surface area contributed by atoms with E-state index < -0.39 is 11.6 Å². The minimum absolute atomic E-state index is 0.0815. The average Bonchev–Trinajstić information content (AvgIpc) is 3.62. The molecule has 0 spiro atoms. The molecule has 2 N–H and O–H groups in total. The van der Waals surface area contributed by atoms with Crippen molar-refractivity contribution in [1.82, 2.24) is 24.3 Å². The molecule has 0 bridgehead atoms. The van der Waals surface area contributed by atoms with E-state index in [2.05, 4.69) is 51.9 Å². The number of carbonyl (C=O) groups is 1. The van der Waals surface area contributed by atoms with Crippen molar-refractivity contribution in [3.63, 3.8) is 0 Å². The minimum atomic E-state index is -0.870. The van der Waals surface area contributed by atoms with Crippen molar-refractivity contribution in [2.24, 2.45) is 7.05 Å². The van der Waals surface area contributed by atoms with Crippen LogP contribution >= 0.6 is 0 Å². The van der Waals surface area contributed by atoms with Gasteiger partial charge in [-0.1, -0.05) is 64.1 Å². The summed E-state index contributed by atoms with van der Waals surface area (Å²) in [6, 6.07) is 22.5. The van der Waals surface area contributed by atoms with Gasteiger partial charge in [0.15, 0.2) is 0 Å². The van der Waals surface area contributed by atoms with Crippen LogP contribution in [0.15, 0.2) is 79.1 Å². The molecule has 4 aromatic heterocycles. The normalized spacial score (nSPS) is 10.8. The lowest BCUT2D eigenvalue weighted by molar-refractivity contribution is -0.136. The summed E-state index contributed by atoms with van der Waals surface area (Å²) in [5.41, 5.74) is 8.76. The minimum Gasteiger partial charge on any atom is -0.481 e. The largest absolute Gasteiger partial charge is 0.481 e. The summed E-state index contributed by atoms with van der Waals surface area (Å²) >= 11 is 0. The molecule has 0 amide bonds. The van der Waals surface area contributed by atoms with Crippen molar-refractivity contribution >= 4 is 27.9 Å². The zero-order valence-electron chi connectivity index (χ0n) is 29.5. The first-order chi connectivity index (χ1) is 22.4. The van der Waals surface area contributed by atoms with Crippen LogP contribution in [-0.4, -0.2) is 46.1 Å². The molecule has 0 aliphatic carbocycles. The van der Waals surface area contributed by atoms with Crippen LogP contribution in [0.2, 0.25) is 0 Å². The number of aliphatic hydroxyl groups is 1. The Labute approximate surface area is 278 Å². The summed E-state index contributed by atoms with van der Waals surface area (Å²) in [7, 11) is 1.94. The third-order valence-corrected chi connectivity index (χ3v) is 7.15. The molecule has 47 heavy (non-hydrogen) atoms. The molecular formula is C39H49N5O3. The number of carboxylic acid groups (broad SMARTS) is 1. The molecule has 0 atom stereocenters. The number of aromatic nitrogens is 5. The number of hydrogen-bond acceptors (Lipinski definition) is 5. The summed E-state index contributed by atoms with van der Waals surface area (Å²) in [4.78, 5) is 21.4. The Morgan fingerprint density at radius 1 is 0.894 bits per heavy atom. The van der Waals surface area contributed by atoms with Gasteiger partial charge in [0.25, 0.3) is 0 Å². The topological polar surface area (TPSA) is 106 Å². The van der Waals surface area contributed by atoms with Gasteiger partial charge in [0, 0.05) is 47.4 Å². The molecule has 0 saturated carbocycles. The number of nitrogens with zero attached hydrogens (tertiary/aromatic N) is 5. The Hall–Kier alpha value is -4.82. The van der Waals surface area contributed by atoms with Crippen LogP contribution in [0.3, 0.4) is 0 Å². The molecule has 8 nitrogen and oxygen atoms in total. The van der Waals surface area contributed by atoms with Crippen LogP contribution in [-0.2, 0) is 24.8 Å². The number of aliphatic carboxylic acids is 1. The molecule has 6 aromatic rings. The molecule has 0 fully saturated rings. The molecule has 0 radical (unpaired) electrons. The lowest BCUT2D eigenvalue weighted by atomic mass is 9.94. The number of aryl methyl sites for hydroxylation is 3. The maximum Gasteiger partial charge on any atom is 0.307 e. The molecular weight excluding hydrogens is 586 g/mol. The molecule has 0 aliphatic heterocycles. The standard InChI is InChI=1S/C31H27N5O2.C4H10O.2C2H6/c1-4-36-28(22-12-13-32-26(15-22)21-10-11-27-23(14-21)18-33-35(27)3)16-25-30(20-8-6-5-7-9-20)24(17-29(37)38)19(2)34-31(25)36;1-4(2,3)5;2*1-2/h5-16,18H,4,17H2,1-3H3,(H,37,38);5H,1-3H3;2*1-2H3. The molecule has 248 valence electrons. The van der Waals surface area contributed by atoms with E-state index in [4.69, 9.17) is 10.1 Å². The van der Waals surface area contributed by atoms with E-state index in [0.717, 1.165) is 73.4 Å². The SMILES string of the molecule is CC.CC.CC(C)(C)O.CCn1c(-c2ccnc(-c3ccc4c(cnn4C)c3)c2)cc2c(-c3ccccc3)c(CC(=O)O)c(C)nc21. The predicted octanol–water partition coefficient (Wildman–Crippen LogP) is 9.10. The number of fused-ring (bicyclic) bond motifs is 2. The van der Waals surface area contributed by atoms with Crippen molar-refractivity contribution in [3.8, 4) is 33.6 Å². The fraction of sp³-hybridized carbons (Fsp3) is 0.333. The van der Waals surface area contributed by atoms with E-state index >= 15 is 0 Å². The molecule has 0 aliphatic rings. The maximum absolute atomic E-state index is 11.8. The predicted molar refractivity (Wildman–Crippen MR) is 195 cm³/mol. The first-order valence-corrected chi connectivity index (χ1v) is 16.4. The van der Waals surface area contributed by atoms with Gasteiger partial charge in [0.05, 0.1) is 35.1 Å². The smallest absolute Gasteiger partial charge is 0.307 e. The second kappa shape index (κ2) is 16.1. The van der Waals surface area contributed by atoms with E-state index in [9.17, 15) is 9.90 Å². The van der Waals surface area contributed by atoms with Gasteiger partial charge >= 0.3 is 5.97 Å². The highest BCUT2D eigenvalue weighted by atomic mass is 16.4. The highest BCUT2D eigenvalue weighted by molar-refractivity contribution is 6.00. The zero-order chi connectivity index (χ0) is 34.9. The molecule has 8 heteroatoms. The first-order valence-electron chi connectivity index (χ1n) is 16.4. The number of pyridine rings is 2. The lowest BCUT2D eigenvalue weighted by Gasteiger charge is -2.14. The summed E-state index contributed by atoms with van der Waals surface area (Å²) in [5, 5.41) is 24.6. The van der Waals surface area contributed by atoms with E-state index in [1.807, 2.05) is 95.1 Å². The van der Waals surface area contributed by atoms with Crippen molar-refractivity contribution in [1.29, 1.82) is 0 Å². The second-order valence-corrected chi connectivity index (χ2v) is 11.6. The highest BCUT2D eigenvalue weighted by Gasteiger charge is 2.21. The average molecular weight is 636 g/mol. The molecule has 2 aromatic carbocycles. The highest BCUT2D eigenvalue weighted by Crippen LogP contribution is 2.38. The number of hydrogen-bond donors (Lipinski definition) is 2.